The van der Waals surface area contributed by atoms with Crippen LogP contribution in [0.3, 0.4) is 0 Å². The molecule has 0 radical (unpaired) electrons. The summed E-state index contributed by atoms with van der Waals surface area (Å²) in [6.45, 7) is 2.01. The number of aryl methyl sites for hydroxylation is 1. The molecule has 0 heterocycles. The molecule has 2 rings (SSSR count). The fourth-order valence-corrected chi connectivity index (χ4v) is 2.01. The van der Waals surface area contributed by atoms with E-state index in [9.17, 15) is 5.11 Å². The van der Waals surface area contributed by atoms with Crippen LogP contribution in [0.15, 0.2) is 48.5 Å². The van der Waals surface area contributed by atoms with E-state index in [4.69, 9.17) is 5.73 Å². The molecule has 2 aromatic carbocycles. The van der Waals surface area contributed by atoms with Crippen LogP contribution < -0.4 is 5.73 Å². The van der Waals surface area contributed by atoms with Crippen molar-refractivity contribution < 1.29 is 5.11 Å². The molecular weight excluding hydrogens is 210 g/mol. The molecule has 3 N–H and O–H groups in total. The topological polar surface area (TPSA) is 46.2 Å². The Morgan fingerprint density at radius 1 is 1.12 bits per heavy atom. The van der Waals surface area contributed by atoms with E-state index in [0.717, 1.165) is 17.5 Å². The molecule has 0 unspecified atom stereocenters. The summed E-state index contributed by atoms with van der Waals surface area (Å²) in [5.41, 5.74) is 9.52. The largest absolute Gasteiger partial charge is 0.508 e. The molecular formula is C15H17NO. The van der Waals surface area contributed by atoms with Gasteiger partial charge in [0.2, 0.25) is 0 Å². The van der Waals surface area contributed by atoms with E-state index in [0.29, 0.717) is 0 Å². The Morgan fingerprint density at radius 3 is 2.53 bits per heavy atom. The third-order valence-corrected chi connectivity index (χ3v) is 2.96. The molecule has 0 aromatic heterocycles. The Bertz CT molecular complexity index is 494. The van der Waals surface area contributed by atoms with Gasteiger partial charge in [0.25, 0.3) is 0 Å². The van der Waals surface area contributed by atoms with Crippen LogP contribution in [0.1, 0.15) is 22.7 Å². The molecule has 0 bridgehead atoms. The van der Waals surface area contributed by atoms with Crippen molar-refractivity contribution in [2.75, 3.05) is 0 Å². The lowest BCUT2D eigenvalue weighted by Crippen LogP contribution is -2.14. The lowest BCUT2D eigenvalue weighted by Gasteiger charge is -2.15. The number of nitrogens with two attached hydrogens (primary N) is 1. The average molecular weight is 227 g/mol. The van der Waals surface area contributed by atoms with Crippen LogP contribution in [0, 0.1) is 6.92 Å². The molecule has 0 fully saturated rings. The first-order chi connectivity index (χ1) is 8.16. The van der Waals surface area contributed by atoms with Gasteiger partial charge >= 0.3 is 0 Å². The molecule has 0 aliphatic rings. The number of hydrogen-bond donors (Lipinski definition) is 2. The molecule has 0 aliphatic carbocycles. The smallest absolute Gasteiger partial charge is 0.115 e. The van der Waals surface area contributed by atoms with Gasteiger partial charge < -0.3 is 10.8 Å². The first kappa shape index (κ1) is 11.7. The maximum atomic E-state index is 9.50. The van der Waals surface area contributed by atoms with Crippen LogP contribution in [0.5, 0.6) is 5.75 Å². The van der Waals surface area contributed by atoms with Gasteiger partial charge in [0.05, 0.1) is 0 Å². The fraction of sp³-hybridized carbons (Fsp3) is 0.200. The molecule has 0 saturated carbocycles. The standard InChI is InChI=1S/C15H17NO/c1-11-7-8-13(17)10-14(11)15(16)9-12-5-3-2-4-6-12/h2-8,10,15,17H,9,16H2,1H3/t15-/m1/s1. The summed E-state index contributed by atoms with van der Waals surface area (Å²) in [5.74, 6) is 0.272. The van der Waals surface area contributed by atoms with E-state index in [1.807, 2.05) is 31.2 Å². The predicted molar refractivity (Wildman–Crippen MR) is 69.9 cm³/mol. The van der Waals surface area contributed by atoms with Crippen LogP contribution in [0.4, 0.5) is 0 Å². The van der Waals surface area contributed by atoms with E-state index in [1.165, 1.54) is 5.56 Å². The number of aromatic hydroxyl groups is 1. The molecule has 88 valence electrons. The highest BCUT2D eigenvalue weighted by Crippen LogP contribution is 2.23. The Morgan fingerprint density at radius 2 is 1.82 bits per heavy atom. The minimum absolute atomic E-state index is 0.0792. The van der Waals surface area contributed by atoms with Gasteiger partial charge in [-0.3, -0.25) is 0 Å². The van der Waals surface area contributed by atoms with Crippen LogP contribution in [0.2, 0.25) is 0 Å². The predicted octanol–water partition coefficient (Wildman–Crippen LogP) is 2.94. The molecule has 0 saturated heterocycles. The molecule has 0 spiro atoms. The van der Waals surface area contributed by atoms with E-state index in [1.54, 1.807) is 12.1 Å². The van der Waals surface area contributed by atoms with Crippen LogP contribution in [0.25, 0.3) is 0 Å². The minimum atomic E-state index is -0.0792. The third kappa shape index (κ3) is 2.86. The van der Waals surface area contributed by atoms with E-state index in [-0.39, 0.29) is 11.8 Å². The zero-order chi connectivity index (χ0) is 12.3. The van der Waals surface area contributed by atoms with Crippen molar-refractivity contribution in [2.24, 2.45) is 5.73 Å². The second-order valence-corrected chi connectivity index (χ2v) is 4.34. The van der Waals surface area contributed by atoms with Crippen LogP contribution in [-0.4, -0.2) is 5.11 Å². The van der Waals surface area contributed by atoms with E-state index in [2.05, 4.69) is 12.1 Å². The summed E-state index contributed by atoms with van der Waals surface area (Å²) in [7, 11) is 0. The second kappa shape index (κ2) is 5.02. The highest BCUT2D eigenvalue weighted by atomic mass is 16.3. The average Bonchev–Trinajstić information content (AvgIpc) is 2.33. The zero-order valence-corrected chi connectivity index (χ0v) is 9.93. The maximum absolute atomic E-state index is 9.50. The van der Waals surface area contributed by atoms with Gasteiger partial charge in [0.15, 0.2) is 0 Å². The van der Waals surface area contributed by atoms with Gasteiger partial charge in [0, 0.05) is 6.04 Å². The number of phenols is 1. The first-order valence-electron chi connectivity index (χ1n) is 5.76. The normalized spacial score (nSPS) is 12.4. The third-order valence-electron chi connectivity index (χ3n) is 2.96. The summed E-state index contributed by atoms with van der Waals surface area (Å²) in [4.78, 5) is 0. The maximum Gasteiger partial charge on any atom is 0.115 e. The highest BCUT2D eigenvalue weighted by Gasteiger charge is 2.10. The highest BCUT2D eigenvalue weighted by molar-refractivity contribution is 5.36. The Balaban J connectivity index is 2.20. The number of phenolic OH excluding ortho intramolecular Hbond substituents is 1. The fourth-order valence-electron chi connectivity index (χ4n) is 2.01. The molecule has 2 heteroatoms. The molecule has 0 amide bonds. The van der Waals surface area contributed by atoms with E-state index >= 15 is 0 Å². The summed E-state index contributed by atoms with van der Waals surface area (Å²) >= 11 is 0. The van der Waals surface area contributed by atoms with Crippen molar-refractivity contribution in [3.63, 3.8) is 0 Å². The monoisotopic (exact) mass is 227 g/mol. The molecule has 0 aliphatic heterocycles. The summed E-state index contributed by atoms with van der Waals surface area (Å²) in [6, 6.07) is 15.4. The van der Waals surface area contributed by atoms with Gasteiger partial charge in [-0.25, -0.2) is 0 Å². The SMILES string of the molecule is Cc1ccc(O)cc1[C@H](N)Cc1ccccc1. The minimum Gasteiger partial charge on any atom is -0.508 e. The zero-order valence-electron chi connectivity index (χ0n) is 9.93. The summed E-state index contributed by atoms with van der Waals surface area (Å²) in [5, 5.41) is 9.50. The van der Waals surface area contributed by atoms with Gasteiger partial charge in [-0.05, 0) is 42.2 Å². The van der Waals surface area contributed by atoms with Crippen LogP contribution >= 0.6 is 0 Å². The van der Waals surface area contributed by atoms with Crippen molar-refractivity contribution >= 4 is 0 Å². The first-order valence-corrected chi connectivity index (χ1v) is 5.76. The van der Waals surface area contributed by atoms with Crippen molar-refractivity contribution in [3.05, 3.63) is 65.2 Å². The quantitative estimate of drug-likeness (QED) is 0.846. The van der Waals surface area contributed by atoms with Crippen molar-refractivity contribution in [3.8, 4) is 5.75 Å². The van der Waals surface area contributed by atoms with Gasteiger partial charge in [-0.1, -0.05) is 36.4 Å². The van der Waals surface area contributed by atoms with Gasteiger partial charge in [-0.15, -0.1) is 0 Å². The van der Waals surface area contributed by atoms with Crippen LogP contribution in [-0.2, 0) is 6.42 Å². The number of hydrogen-bond acceptors (Lipinski definition) is 2. The van der Waals surface area contributed by atoms with Crippen molar-refractivity contribution in [1.29, 1.82) is 0 Å². The van der Waals surface area contributed by atoms with Gasteiger partial charge in [0.1, 0.15) is 5.75 Å². The molecule has 1 atom stereocenters. The Labute approximate surface area is 102 Å². The Hall–Kier alpha value is -1.80. The van der Waals surface area contributed by atoms with Crippen molar-refractivity contribution in [1.82, 2.24) is 0 Å². The number of benzene rings is 2. The lowest BCUT2D eigenvalue weighted by molar-refractivity contribution is 0.473. The van der Waals surface area contributed by atoms with Gasteiger partial charge in [-0.2, -0.15) is 0 Å². The molecule has 2 aromatic rings. The summed E-state index contributed by atoms with van der Waals surface area (Å²) < 4.78 is 0. The molecule has 17 heavy (non-hydrogen) atoms. The molecule has 2 nitrogen and oxygen atoms in total. The second-order valence-electron chi connectivity index (χ2n) is 4.34. The Kier molecular flexibility index (Phi) is 3.45. The lowest BCUT2D eigenvalue weighted by atomic mass is 9.96. The van der Waals surface area contributed by atoms with Crippen molar-refractivity contribution in [2.45, 2.75) is 19.4 Å². The van der Waals surface area contributed by atoms with E-state index < -0.39 is 0 Å². The number of rotatable bonds is 3. The summed E-state index contributed by atoms with van der Waals surface area (Å²) in [6.07, 6.45) is 0.783.